The summed E-state index contributed by atoms with van der Waals surface area (Å²) in [7, 11) is 4.38. The van der Waals surface area contributed by atoms with Gasteiger partial charge < -0.3 is 0 Å². The summed E-state index contributed by atoms with van der Waals surface area (Å²) in [6.07, 6.45) is 2.81. The van der Waals surface area contributed by atoms with Crippen molar-refractivity contribution in [3.8, 4) is 0 Å². The second-order valence-electron chi connectivity index (χ2n) is 3.63. The molecule has 0 bridgehead atoms. The Morgan fingerprint density at radius 1 is 1.18 bits per heavy atom. The zero-order valence-electron chi connectivity index (χ0n) is 7.22. The Kier molecular flexibility index (Phi) is 1.56. The second-order valence-corrected chi connectivity index (χ2v) is 3.63. The first-order valence-corrected chi connectivity index (χ1v) is 4.34. The molecule has 0 aromatic heterocycles. The standard InChI is InChI=1S/C9H12B2/c10-7-3-4-8(6-1-2-6)9(11)5-7/h3-6H,1-2,10-11H2. The molecule has 2 heteroatoms. The Labute approximate surface area is 69.8 Å². The summed E-state index contributed by atoms with van der Waals surface area (Å²) < 4.78 is 0. The van der Waals surface area contributed by atoms with Crippen LogP contribution in [0.25, 0.3) is 0 Å². The van der Waals surface area contributed by atoms with E-state index in [1.807, 2.05) is 0 Å². The van der Waals surface area contributed by atoms with Gasteiger partial charge >= 0.3 is 0 Å². The van der Waals surface area contributed by atoms with E-state index >= 15 is 0 Å². The lowest BCUT2D eigenvalue weighted by Gasteiger charge is -2.04. The molecule has 1 aromatic rings. The SMILES string of the molecule is Bc1ccc(C2CC2)c(B)c1. The van der Waals surface area contributed by atoms with Gasteiger partial charge in [0, 0.05) is 0 Å². The fraction of sp³-hybridized carbons (Fsp3) is 0.333. The number of hydrogen-bond donors (Lipinski definition) is 0. The van der Waals surface area contributed by atoms with Gasteiger partial charge in [0.1, 0.15) is 15.7 Å². The van der Waals surface area contributed by atoms with Crippen LogP contribution in [0, 0.1) is 0 Å². The largest absolute Gasteiger partial charge is 0.139 e. The molecule has 0 amide bonds. The first kappa shape index (κ1) is 7.02. The highest BCUT2D eigenvalue weighted by atomic mass is 14.3. The van der Waals surface area contributed by atoms with Crippen molar-refractivity contribution in [2.75, 3.05) is 0 Å². The van der Waals surface area contributed by atoms with Crippen LogP contribution in [0.4, 0.5) is 0 Å². The zero-order chi connectivity index (χ0) is 7.84. The molecule has 54 valence electrons. The molecule has 0 unspecified atom stereocenters. The lowest BCUT2D eigenvalue weighted by Crippen LogP contribution is -2.16. The van der Waals surface area contributed by atoms with Crippen molar-refractivity contribution >= 4 is 26.6 Å². The second kappa shape index (κ2) is 2.44. The van der Waals surface area contributed by atoms with Crippen LogP contribution in [0.2, 0.25) is 0 Å². The highest BCUT2D eigenvalue weighted by Crippen LogP contribution is 2.38. The van der Waals surface area contributed by atoms with E-state index in [0.717, 1.165) is 5.92 Å². The van der Waals surface area contributed by atoms with E-state index < -0.39 is 0 Å². The first-order valence-electron chi connectivity index (χ1n) is 4.34. The predicted octanol–water partition coefficient (Wildman–Crippen LogP) is -0.919. The van der Waals surface area contributed by atoms with E-state index in [1.165, 1.54) is 23.8 Å². The highest BCUT2D eigenvalue weighted by molar-refractivity contribution is 6.38. The Hall–Kier alpha value is -0.650. The molecule has 1 aliphatic rings. The molecule has 0 nitrogen and oxygen atoms in total. The van der Waals surface area contributed by atoms with Gasteiger partial charge in [-0.15, -0.1) is 0 Å². The third-order valence-corrected chi connectivity index (χ3v) is 2.44. The summed E-state index contributed by atoms with van der Waals surface area (Å²) in [6.45, 7) is 0. The zero-order valence-corrected chi connectivity index (χ0v) is 7.22. The molecule has 1 fully saturated rings. The summed E-state index contributed by atoms with van der Waals surface area (Å²) in [5, 5.41) is 0. The Morgan fingerprint density at radius 2 is 1.91 bits per heavy atom. The minimum Gasteiger partial charge on any atom is -0.0895 e. The molecule has 0 radical (unpaired) electrons. The fourth-order valence-corrected chi connectivity index (χ4v) is 1.68. The van der Waals surface area contributed by atoms with Crippen molar-refractivity contribution in [2.24, 2.45) is 0 Å². The fourth-order valence-electron chi connectivity index (χ4n) is 1.68. The van der Waals surface area contributed by atoms with Crippen LogP contribution >= 0.6 is 0 Å². The van der Waals surface area contributed by atoms with Gasteiger partial charge in [0.25, 0.3) is 0 Å². The molecule has 0 heterocycles. The quantitative estimate of drug-likeness (QED) is 0.444. The van der Waals surface area contributed by atoms with Gasteiger partial charge in [0.05, 0.1) is 0 Å². The number of hydrogen-bond acceptors (Lipinski definition) is 0. The van der Waals surface area contributed by atoms with Crippen molar-refractivity contribution < 1.29 is 0 Å². The van der Waals surface area contributed by atoms with Gasteiger partial charge in [-0.3, -0.25) is 0 Å². The molecular weight excluding hydrogens is 130 g/mol. The van der Waals surface area contributed by atoms with Gasteiger partial charge in [0.15, 0.2) is 0 Å². The van der Waals surface area contributed by atoms with Crippen LogP contribution in [0.3, 0.4) is 0 Å². The number of benzene rings is 1. The van der Waals surface area contributed by atoms with Crippen LogP contribution in [0.5, 0.6) is 0 Å². The van der Waals surface area contributed by atoms with Crippen molar-refractivity contribution in [2.45, 2.75) is 18.8 Å². The molecule has 0 atom stereocenters. The topological polar surface area (TPSA) is 0 Å². The Balaban J connectivity index is 2.39. The summed E-state index contributed by atoms with van der Waals surface area (Å²) >= 11 is 0. The summed E-state index contributed by atoms with van der Waals surface area (Å²) in [5.41, 5.74) is 4.44. The highest BCUT2D eigenvalue weighted by Gasteiger charge is 2.24. The van der Waals surface area contributed by atoms with Crippen LogP contribution in [0.15, 0.2) is 18.2 Å². The summed E-state index contributed by atoms with van der Waals surface area (Å²) in [6, 6.07) is 6.80. The average Bonchev–Trinajstić information content (AvgIpc) is 2.70. The molecule has 2 rings (SSSR count). The minimum absolute atomic E-state index is 0.899. The van der Waals surface area contributed by atoms with E-state index in [1.54, 1.807) is 5.56 Å². The molecule has 1 saturated carbocycles. The van der Waals surface area contributed by atoms with Gasteiger partial charge in [-0.2, -0.15) is 0 Å². The lowest BCUT2D eigenvalue weighted by atomic mass is 9.83. The molecule has 0 saturated heterocycles. The normalized spacial score (nSPS) is 16.7. The van der Waals surface area contributed by atoms with Crippen molar-refractivity contribution in [3.05, 3.63) is 23.8 Å². The first-order chi connectivity index (χ1) is 5.27. The molecule has 1 aromatic carbocycles. The van der Waals surface area contributed by atoms with Gasteiger partial charge in [-0.05, 0) is 18.8 Å². The molecule has 0 N–H and O–H groups in total. The maximum atomic E-state index is 2.29. The maximum absolute atomic E-state index is 2.29. The average molecular weight is 142 g/mol. The maximum Gasteiger partial charge on any atom is 0.139 e. The lowest BCUT2D eigenvalue weighted by molar-refractivity contribution is 1.15. The van der Waals surface area contributed by atoms with Crippen molar-refractivity contribution in [1.82, 2.24) is 0 Å². The van der Waals surface area contributed by atoms with E-state index in [9.17, 15) is 0 Å². The van der Waals surface area contributed by atoms with E-state index in [-0.39, 0.29) is 0 Å². The molecule has 0 spiro atoms. The van der Waals surface area contributed by atoms with Crippen LogP contribution in [0.1, 0.15) is 24.3 Å². The van der Waals surface area contributed by atoms with Gasteiger partial charge in [-0.1, -0.05) is 34.7 Å². The van der Waals surface area contributed by atoms with Crippen molar-refractivity contribution in [1.29, 1.82) is 0 Å². The van der Waals surface area contributed by atoms with Crippen LogP contribution < -0.4 is 10.9 Å². The van der Waals surface area contributed by atoms with E-state index in [0.29, 0.717) is 0 Å². The van der Waals surface area contributed by atoms with Crippen LogP contribution in [-0.2, 0) is 0 Å². The van der Waals surface area contributed by atoms with Gasteiger partial charge in [0.2, 0.25) is 0 Å². The van der Waals surface area contributed by atoms with E-state index in [4.69, 9.17) is 0 Å². The van der Waals surface area contributed by atoms with E-state index in [2.05, 4.69) is 33.9 Å². The Bertz CT molecular complexity index is 277. The number of rotatable bonds is 1. The third-order valence-electron chi connectivity index (χ3n) is 2.44. The molecular formula is C9H12B2. The monoisotopic (exact) mass is 142 g/mol. The minimum atomic E-state index is 0.899. The summed E-state index contributed by atoms with van der Waals surface area (Å²) in [4.78, 5) is 0. The summed E-state index contributed by atoms with van der Waals surface area (Å²) in [5.74, 6) is 0.899. The molecule has 11 heavy (non-hydrogen) atoms. The predicted molar refractivity (Wildman–Crippen MR) is 54.8 cm³/mol. The van der Waals surface area contributed by atoms with Gasteiger partial charge in [-0.25, -0.2) is 0 Å². The Morgan fingerprint density at radius 3 is 2.45 bits per heavy atom. The van der Waals surface area contributed by atoms with Crippen LogP contribution in [-0.4, -0.2) is 15.7 Å². The third kappa shape index (κ3) is 1.35. The molecule has 1 aliphatic carbocycles. The van der Waals surface area contributed by atoms with Crippen molar-refractivity contribution in [3.63, 3.8) is 0 Å². The smallest absolute Gasteiger partial charge is 0.0895 e. The molecule has 0 aliphatic heterocycles.